The van der Waals surface area contributed by atoms with E-state index in [4.69, 9.17) is 5.11 Å². The maximum Gasteiger partial charge on any atom is 0.335 e. The van der Waals surface area contributed by atoms with Gasteiger partial charge in [-0.2, -0.15) is 0 Å². The number of carboxylic acid groups (broad SMARTS) is 1. The Hall–Kier alpha value is -2.09. The second-order valence-corrected chi connectivity index (χ2v) is 6.61. The molecule has 0 aromatic heterocycles. The summed E-state index contributed by atoms with van der Waals surface area (Å²) >= 11 is 0. The van der Waals surface area contributed by atoms with Crippen molar-refractivity contribution >= 4 is 27.5 Å². The smallest absolute Gasteiger partial charge is 0.335 e. The van der Waals surface area contributed by atoms with Crippen LogP contribution in [0.3, 0.4) is 0 Å². The second kappa shape index (κ2) is 6.38. The molecule has 0 unspecified atom stereocenters. The van der Waals surface area contributed by atoms with E-state index in [0.29, 0.717) is 11.3 Å². The fraction of sp³-hybridized carbons (Fsp3) is 0.333. The topological polar surface area (TPSA) is 113 Å². The van der Waals surface area contributed by atoms with Crippen molar-refractivity contribution in [2.45, 2.75) is 6.92 Å². The largest absolute Gasteiger partial charge is 0.478 e. The van der Waals surface area contributed by atoms with Crippen LogP contribution in [0.4, 0.5) is 10.5 Å². The van der Waals surface area contributed by atoms with Gasteiger partial charge in [0.1, 0.15) is 9.84 Å². The molecule has 1 aromatic carbocycles. The highest BCUT2D eigenvalue weighted by Crippen LogP contribution is 2.16. The van der Waals surface area contributed by atoms with Gasteiger partial charge in [0.15, 0.2) is 0 Å². The molecule has 8 heteroatoms. The average Bonchev–Trinajstić information content (AvgIpc) is 2.29. The zero-order valence-electron chi connectivity index (χ0n) is 11.1. The molecule has 0 fully saturated rings. The SMILES string of the molecule is Cc1cc(C(=O)O)ccc1NC(=O)NCCS(C)(=O)=O. The number of carbonyl (C=O) groups is 2. The summed E-state index contributed by atoms with van der Waals surface area (Å²) in [4.78, 5) is 22.3. The molecule has 0 aliphatic rings. The molecular weight excluding hydrogens is 284 g/mol. The van der Waals surface area contributed by atoms with Crippen molar-refractivity contribution in [2.75, 3.05) is 23.9 Å². The van der Waals surface area contributed by atoms with Crippen molar-refractivity contribution in [1.82, 2.24) is 5.32 Å². The van der Waals surface area contributed by atoms with E-state index in [0.717, 1.165) is 6.26 Å². The van der Waals surface area contributed by atoms with Crippen molar-refractivity contribution < 1.29 is 23.1 Å². The Morgan fingerprint density at radius 2 is 1.95 bits per heavy atom. The van der Waals surface area contributed by atoms with Crippen LogP contribution in [-0.4, -0.2) is 44.1 Å². The van der Waals surface area contributed by atoms with Gasteiger partial charge in [0.25, 0.3) is 0 Å². The molecule has 1 aromatic rings. The highest BCUT2D eigenvalue weighted by molar-refractivity contribution is 7.90. The molecule has 7 nitrogen and oxygen atoms in total. The number of sulfone groups is 1. The molecule has 1 rings (SSSR count). The van der Waals surface area contributed by atoms with Crippen LogP contribution in [0.15, 0.2) is 18.2 Å². The van der Waals surface area contributed by atoms with Gasteiger partial charge in [-0.15, -0.1) is 0 Å². The molecule has 110 valence electrons. The molecule has 20 heavy (non-hydrogen) atoms. The third kappa shape index (κ3) is 5.27. The van der Waals surface area contributed by atoms with Crippen LogP contribution in [0.2, 0.25) is 0 Å². The second-order valence-electron chi connectivity index (χ2n) is 4.35. The van der Waals surface area contributed by atoms with Crippen LogP contribution in [0.1, 0.15) is 15.9 Å². The van der Waals surface area contributed by atoms with E-state index < -0.39 is 21.8 Å². The molecule has 3 N–H and O–H groups in total. The fourth-order valence-corrected chi connectivity index (χ4v) is 1.93. The number of hydrogen-bond acceptors (Lipinski definition) is 4. The van der Waals surface area contributed by atoms with Crippen molar-refractivity contribution in [3.05, 3.63) is 29.3 Å². The zero-order valence-corrected chi connectivity index (χ0v) is 12.0. The van der Waals surface area contributed by atoms with E-state index in [1.54, 1.807) is 6.92 Å². The summed E-state index contributed by atoms with van der Waals surface area (Å²) in [6.07, 6.45) is 1.08. The van der Waals surface area contributed by atoms with Crippen LogP contribution in [-0.2, 0) is 9.84 Å². The van der Waals surface area contributed by atoms with Crippen LogP contribution < -0.4 is 10.6 Å². The van der Waals surface area contributed by atoms with E-state index in [1.807, 2.05) is 0 Å². The monoisotopic (exact) mass is 300 g/mol. The number of carboxylic acids is 1. The molecule has 2 amide bonds. The number of amides is 2. The first-order valence-electron chi connectivity index (χ1n) is 5.75. The quantitative estimate of drug-likeness (QED) is 0.746. The number of nitrogens with one attached hydrogen (secondary N) is 2. The predicted octanol–water partition coefficient (Wildman–Crippen LogP) is 0.859. The molecule has 0 saturated heterocycles. The van der Waals surface area contributed by atoms with Gasteiger partial charge in [-0.05, 0) is 30.7 Å². The number of aromatic carboxylic acids is 1. The number of rotatable bonds is 5. The summed E-state index contributed by atoms with van der Waals surface area (Å²) in [6, 6.07) is 3.75. The summed E-state index contributed by atoms with van der Waals surface area (Å²) in [5, 5.41) is 13.7. The Morgan fingerprint density at radius 3 is 2.45 bits per heavy atom. The summed E-state index contributed by atoms with van der Waals surface area (Å²) < 4.78 is 21.8. The number of aryl methyl sites for hydroxylation is 1. The molecule has 0 bridgehead atoms. The molecule has 0 atom stereocenters. The van der Waals surface area contributed by atoms with Gasteiger partial charge in [0.2, 0.25) is 0 Å². The standard InChI is InChI=1S/C12H16N2O5S/c1-8-7-9(11(15)16)3-4-10(8)14-12(17)13-5-6-20(2,18)19/h3-4,7H,5-6H2,1-2H3,(H,15,16)(H2,13,14,17). The summed E-state index contributed by atoms with van der Waals surface area (Å²) in [7, 11) is -3.12. The summed E-state index contributed by atoms with van der Waals surface area (Å²) in [5.74, 6) is -1.19. The van der Waals surface area contributed by atoms with Crippen molar-refractivity contribution in [1.29, 1.82) is 0 Å². The van der Waals surface area contributed by atoms with E-state index in [-0.39, 0.29) is 17.9 Å². The fourth-order valence-electron chi connectivity index (χ4n) is 1.45. The number of carbonyl (C=O) groups excluding carboxylic acids is 1. The lowest BCUT2D eigenvalue weighted by atomic mass is 10.1. The Balaban J connectivity index is 2.60. The van der Waals surface area contributed by atoms with Crippen molar-refractivity contribution in [3.63, 3.8) is 0 Å². The van der Waals surface area contributed by atoms with Gasteiger partial charge in [-0.3, -0.25) is 0 Å². The molecular formula is C12H16N2O5S. The van der Waals surface area contributed by atoms with Gasteiger partial charge >= 0.3 is 12.0 Å². The average molecular weight is 300 g/mol. The third-order valence-electron chi connectivity index (χ3n) is 2.48. The van der Waals surface area contributed by atoms with Crippen molar-refractivity contribution in [3.8, 4) is 0 Å². The van der Waals surface area contributed by atoms with Crippen LogP contribution in [0.5, 0.6) is 0 Å². The van der Waals surface area contributed by atoms with Gasteiger partial charge in [0, 0.05) is 18.5 Å². The first kappa shape index (κ1) is 16.0. The minimum atomic E-state index is -3.12. The van der Waals surface area contributed by atoms with Crippen LogP contribution >= 0.6 is 0 Å². The maximum absolute atomic E-state index is 11.5. The Bertz CT molecular complexity index is 625. The minimum Gasteiger partial charge on any atom is -0.478 e. The number of urea groups is 1. The van der Waals surface area contributed by atoms with Crippen molar-refractivity contribution in [2.24, 2.45) is 0 Å². The maximum atomic E-state index is 11.5. The van der Waals surface area contributed by atoms with E-state index >= 15 is 0 Å². The van der Waals surface area contributed by atoms with E-state index in [2.05, 4.69) is 10.6 Å². The molecule has 0 saturated carbocycles. The lowest BCUT2D eigenvalue weighted by Crippen LogP contribution is -2.32. The number of hydrogen-bond donors (Lipinski definition) is 3. The Kier molecular flexibility index (Phi) is 5.09. The van der Waals surface area contributed by atoms with Crippen LogP contribution in [0, 0.1) is 6.92 Å². The Labute approximate surface area is 116 Å². The minimum absolute atomic E-state index is 0.0108. The molecule has 0 heterocycles. The number of anilines is 1. The zero-order chi connectivity index (χ0) is 15.3. The lowest BCUT2D eigenvalue weighted by molar-refractivity contribution is 0.0696. The molecule has 0 aliphatic carbocycles. The highest BCUT2D eigenvalue weighted by Gasteiger charge is 2.09. The first-order valence-corrected chi connectivity index (χ1v) is 7.81. The van der Waals surface area contributed by atoms with Gasteiger partial charge in [-0.25, -0.2) is 18.0 Å². The van der Waals surface area contributed by atoms with Gasteiger partial charge in [-0.1, -0.05) is 0 Å². The Morgan fingerprint density at radius 1 is 1.30 bits per heavy atom. The normalized spacial score (nSPS) is 10.9. The lowest BCUT2D eigenvalue weighted by Gasteiger charge is -2.10. The van der Waals surface area contributed by atoms with Crippen LogP contribution in [0.25, 0.3) is 0 Å². The van der Waals surface area contributed by atoms with Gasteiger partial charge < -0.3 is 15.7 Å². The van der Waals surface area contributed by atoms with E-state index in [1.165, 1.54) is 18.2 Å². The predicted molar refractivity (Wildman–Crippen MR) is 74.9 cm³/mol. The highest BCUT2D eigenvalue weighted by atomic mass is 32.2. The third-order valence-corrected chi connectivity index (χ3v) is 3.43. The first-order chi connectivity index (χ1) is 9.19. The summed E-state index contributed by atoms with van der Waals surface area (Å²) in [6.45, 7) is 1.68. The summed E-state index contributed by atoms with van der Waals surface area (Å²) in [5.41, 5.74) is 1.19. The molecule has 0 radical (unpaired) electrons. The molecule has 0 spiro atoms. The molecule has 0 aliphatic heterocycles. The van der Waals surface area contributed by atoms with Gasteiger partial charge in [0.05, 0.1) is 11.3 Å². The van der Waals surface area contributed by atoms with E-state index in [9.17, 15) is 18.0 Å². The number of benzene rings is 1.